The van der Waals surface area contributed by atoms with Crippen LogP contribution in [0.4, 0.5) is 10.1 Å². The normalized spacial score (nSPS) is 18.5. The zero-order chi connectivity index (χ0) is 56.2. The van der Waals surface area contributed by atoms with Gasteiger partial charge in [-0.05, 0) is 123 Å². The van der Waals surface area contributed by atoms with E-state index in [-0.39, 0.29) is 55.6 Å². The van der Waals surface area contributed by atoms with Crippen LogP contribution in [0.1, 0.15) is 134 Å². The standard InChI is InChI=1S/C60H74FN9O8S/c1-38-51(79-37-64-38)42-18-19-43(34-63-54(74)47-32-45(71)36-70(47)56(76)52(58(2,3)4)66-57(77)59(61)26-27-59)48(31-42)78-30-9-7-8-11-50(72)65-44-20-14-39(15-21-44)33-62-53(73)46-22-23-49-60(24-10-25-60)68(28-29-69(46)49)35-40-12-16-41(17-13-40)55(75)67(5)6/h12-23,31,37,45,47,52,71H,7-11,24-30,32-36H2,1-6H3,(H,62,73)(H,63,74)(H,65,72)(H,66,77)/t45-,47+,52-/m1/s1. The van der Waals surface area contributed by atoms with Gasteiger partial charge in [-0.15, -0.1) is 11.3 Å². The maximum atomic E-state index is 14.7. The number of nitrogens with one attached hydrogen (secondary N) is 4. The number of halogens is 1. The molecule has 0 bridgehead atoms. The highest BCUT2D eigenvalue weighted by Gasteiger charge is 2.54. The number of aliphatic hydroxyl groups is 1. The SMILES string of the molecule is Cc1ncsc1-c1ccc(CNC(=O)[C@@H]2C[C@@H](O)CN2C(=O)[C@@H](NC(=O)C2(F)CC2)C(C)(C)C)c(OCCCCCC(=O)Nc2ccc(CNC(=O)c3ccc4n3CCN(Cc3ccc(C(=O)N(C)C)cc3)C43CCC3)cc2)c1. The summed E-state index contributed by atoms with van der Waals surface area (Å²) in [4.78, 5) is 90.4. The maximum absolute atomic E-state index is 14.7. The molecule has 1 spiro atoms. The Morgan fingerprint density at radius 2 is 1.62 bits per heavy atom. The summed E-state index contributed by atoms with van der Waals surface area (Å²) >= 11 is 1.51. The van der Waals surface area contributed by atoms with Gasteiger partial charge in [-0.1, -0.05) is 57.2 Å². The second kappa shape index (κ2) is 23.8. The first-order valence-corrected chi connectivity index (χ1v) is 28.5. The predicted octanol–water partition coefficient (Wildman–Crippen LogP) is 7.64. The van der Waals surface area contributed by atoms with Crippen LogP contribution in [0.15, 0.2) is 84.4 Å². The van der Waals surface area contributed by atoms with Gasteiger partial charge in [0.05, 0.1) is 34.3 Å². The van der Waals surface area contributed by atoms with E-state index in [1.807, 2.05) is 79.7 Å². The maximum Gasteiger partial charge on any atom is 0.268 e. The third-order valence-electron chi connectivity index (χ3n) is 15.9. The van der Waals surface area contributed by atoms with E-state index in [1.54, 1.807) is 45.3 Å². The van der Waals surface area contributed by atoms with E-state index in [0.29, 0.717) is 67.2 Å². The highest BCUT2D eigenvalue weighted by atomic mass is 32.1. The Balaban J connectivity index is 0.724. The summed E-state index contributed by atoms with van der Waals surface area (Å²) in [5.41, 5.74) is 6.60. The lowest BCUT2D eigenvalue weighted by molar-refractivity contribution is -0.145. The van der Waals surface area contributed by atoms with Gasteiger partial charge in [0.2, 0.25) is 17.7 Å². The number of likely N-dealkylation sites (tertiary alicyclic amines) is 1. The van der Waals surface area contributed by atoms with Crippen LogP contribution in [0.2, 0.25) is 0 Å². The van der Waals surface area contributed by atoms with Gasteiger partial charge < -0.3 is 45.5 Å². The molecule has 4 aliphatic rings. The molecule has 9 rings (SSSR count). The van der Waals surface area contributed by atoms with Crippen LogP contribution in [0.25, 0.3) is 10.4 Å². The summed E-state index contributed by atoms with van der Waals surface area (Å²) in [5, 5.41) is 22.3. The largest absolute Gasteiger partial charge is 0.493 e. The van der Waals surface area contributed by atoms with E-state index in [9.17, 15) is 38.3 Å². The number of carbonyl (C=O) groups excluding carboxylic acids is 6. The van der Waals surface area contributed by atoms with Crippen molar-refractivity contribution < 1.29 is 43.0 Å². The molecule has 0 radical (unpaired) electrons. The van der Waals surface area contributed by atoms with E-state index in [1.165, 1.54) is 21.9 Å². The number of rotatable bonds is 21. The van der Waals surface area contributed by atoms with E-state index in [4.69, 9.17) is 4.74 Å². The van der Waals surface area contributed by atoms with Crippen LogP contribution in [0, 0.1) is 12.3 Å². The number of aromatic nitrogens is 2. The van der Waals surface area contributed by atoms with E-state index in [2.05, 4.69) is 41.8 Å². The Hall–Kier alpha value is -6.96. The summed E-state index contributed by atoms with van der Waals surface area (Å²) in [6, 6.07) is 23.0. The van der Waals surface area contributed by atoms with E-state index >= 15 is 0 Å². The van der Waals surface area contributed by atoms with Gasteiger partial charge in [-0.3, -0.25) is 33.7 Å². The number of nitrogens with zero attached hydrogens (tertiary/aromatic N) is 5. The van der Waals surface area contributed by atoms with Crippen LogP contribution in [0.3, 0.4) is 0 Å². The number of amides is 6. The highest BCUT2D eigenvalue weighted by Crippen LogP contribution is 2.49. The van der Waals surface area contributed by atoms with Gasteiger partial charge in [0.1, 0.15) is 23.5 Å². The molecule has 0 unspecified atom stereocenters. The van der Waals surface area contributed by atoms with Crippen molar-refractivity contribution in [1.82, 2.24) is 40.2 Å². The monoisotopic (exact) mass is 1100 g/mol. The smallest absolute Gasteiger partial charge is 0.268 e. The van der Waals surface area contributed by atoms with Crippen LogP contribution in [0.5, 0.6) is 5.75 Å². The molecule has 3 aromatic carbocycles. The van der Waals surface area contributed by atoms with Gasteiger partial charge >= 0.3 is 0 Å². The van der Waals surface area contributed by atoms with Gasteiger partial charge in [-0.25, -0.2) is 9.37 Å². The zero-order valence-electron chi connectivity index (χ0n) is 46.2. The Morgan fingerprint density at radius 3 is 2.28 bits per heavy atom. The number of carbonyl (C=O) groups is 6. The first-order chi connectivity index (χ1) is 37.7. The Kier molecular flexibility index (Phi) is 17.1. The van der Waals surface area contributed by atoms with Crippen molar-refractivity contribution >= 4 is 52.5 Å². The lowest BCUT2D eigenvalue weighted by Gasteiger charge is -2.53. The fraction of sp³-hybridized carbons (Fsp3) is 0.483. The van der Waals surface area contributed by atoms with Gasteiger partial charge in [0.15, 0.2) is 5.67 Å². The molecule has 2 aromatic heterocycles. The molecule has 420 valence electrons. The molecule has 5 N–H and O–H groups in total. The van der Waals surface area contributed by atoms with E-state index in [0.717, 1.165) is 66.0 Å². The molecule has 4 heterocycles. The Bertz CT molecular complexity index is 3050. The summed E-state index contributed by atoms with van der Waals surface area (Å²) in [6.45, 7) is 10.2. The van der Waals surface area contributed by atoms with Gasteiger partial charge in [0.25, 0.3) is 17.7 Å². The molecule has 17 nitrogen and oxygen atoms in total. The van der Waals surface area contributed by atoms with Crippen molar-refractivity contribution in [2.75, 3.05) is 39.1 Å². The molecule has 3 atom stereocenters. The molecule has 79 heavy (non-hydrogen) atoms. The van der Waals surface area contributed by atoms with Crippen molar-refractivity contribution in [3.8, 4) is 16.2 Å². The first kappa shape index (κ1) is 56.7. The van der Waals surface area contributed by atoms with Crippen molar-refractivity contribution in [2.24, 2.45) is 5.41 Å². The molecule has 2 aliphatic carbocycles. The second-order valence-electron chi connectivity index (χ2n) is 23.0. The second-order valence-corrected chi connectivity index (χ2v) is 23.8. The third-order valence-corrected chi connectivity index (χ3v) is 16.9. The fourth-order valence-corrected chi connectivity index (χ4v) is 11.8. The molecule has 2 aliphatic heterocycles. The lowest BCUT2D eigenvalue weighted by atomic mass is 9.71. The molecular weight excluding hydrogens is 1030 g/mol. The van der Waals surface area contributed by atoms with Crippen molar-refractivity contribution in [3.05, 3.63) is 124 Å². The number of benzene rings is 3. The van der Waals surface area contributed by atoms with E-state index < -0.39 is 47.0 Å². The Labute approximate surface area is 465 Å². The average molecular weight is 1100 g/mol. The Morgan fingerprint density at radius 1 is 0.886 bits per heavy atom. The van der Waals surface area contributed by atoms with Gasteiger partial charge in [0, 0.05) is 88.7 Å². The number of unbranched alkanes of at least 4 members (excludes halogenated alkanes) is 2. The first-order valence-electron chi connectivity index (χ1n) is 27.6. The topological polar surface area (TPSA) is 208 Å². The minimum absolute atomic E-state index is 0.00929. The number of ether oxygens (including phenoxy) is 1. The average Bonchev–Trinajstić information content (AvgIpc) is 3.96. The summed E-state index contributed by atoms with van der Waals surface area (Å²) in [5.74, 6) is -1.56. The number of β-amino-alcohol motifs (C(OH)–C–C–N with tert-alkyl or cyclic N) is 1. The number of thiazole rings is 1. The quantitative estimate of drug-likeness (QED) is 0.0454. The molecule has 2 saturated carbocycles. The molecular formula is C60H74FN9O8S. The summed E-state index contributed by atoms with van der Waals surface area (Å²) < 4.78 is 23.2. The minimum atomic E-state index is -1.98. The number of hydrogen-bond donors (Lipinski definition) is 5. The minimum Gasteiger partial charge on any atom is -0.493 e. The predicted molar refractivity (Wildman–Crippen MR) is 300 cm³/mol. The molecule has 1 saturated heterocycles. The molecule has 3 fully saturated rings. The van der Waals surface area contributed by atoms with Crippen LogP contribution < -0.4 is 26.0 Å². The van der Waals surface area contributed by atoms with Crippen molar-refractivity contribution in [2.45, 2.75) is 147 Å². The van der Waals surface area contributed by atoms with Crippen molar-refractivity contribution in [1.29, 1.82) is 0 Å². The molecule has 5 aromatic rings. The number of fused-ring (bicyclic) bond motifs is 2. The molecule has 6 amide bonds. The third kappa shape index (κ3) is 12.9. The summed E-state index contributed by atoms with van der Waals surface area (Å²) in [7, 11) is 3.51. The van der Waals surface area contributed by atoms with Crippen molar-refractivity contribution in [3.63, 3.8) is 0 Å². The number of hydrogen-bond acceptors (Lipinski definition) is 11. The van der Waals surface area contributed by atoms with Crippen LogP contribution >= 0.6 is 11.3 Å². The highest BCUT2D eigenvalue weighted by molar-refractivity contribution is 7.13. The molecule has 19 heteroatoms. The summed E-state index contributed by atoms with van der Waals surface area (Å²) in [6.07, 6.45) is 4.78. The number of anilines is 1. The number of aliphatic hydroxyl groups excluding tert-OH is 1. The number of aryl methyl sites for hydroxylation is 1. The lowest BCUT2D eigenvalue weighted by Crippen LogP contribution is -2.59. The fourth-order valence-electron chi connectivity index (χ4n) is 11.0. The van der Waals surface area contributed by atoms with Crippen LogP contribution in [-0.2, 0) is 50.9 Å². The number of alkyl halides is 1. The zero-order valence-corrected chi connectivity index (χ0v) is 47.0. The van der Waals surface area contributed by atoms with Gasteiger partial charge in [-0.2, -0.15) is 0 Å². The van der Waals surface area contributed by atoms with Crippen LogP contribution in [-0.4, -0.2) is 122 Å².